The molecule has 0 N–H and O–H groups in total. The quantitative estimate of drug-likeness (QED) is 0.219. The first-order valence-corrected chi connectivity index (χ1v) is 14.7. The van der Waals surface area contributed by atoms with Gasteiger partial charge in [0.25, 0.3) is 0 Å². The summed E-state index contributed by atoms with van der Waals surface area (Å²) in [6.45, 7) is 23.4. The molecule has 0 radical (unpaired) electrons. The third-order valence-corrected chi connectivity index (χ3v) is 8.17. The summed E-state index contributed by atoms with van der Waals surface area (Å²) in [5.41, 5.74) is 5.22. The van der Waals surface area contributed by atoms with Gasteiger partial charge in [-0.1, -0.05) is 107 Å². The molecule has 0 aliphatic carbocycles. The van der Waals surface area contributed by atoms with E-state index in [1.54, 1.807) is 6.08 Å². The van der Waals surface area contributed by atoms with E-state index < -0.39 is 0 Å². The summed E-state index contributed by atoms with van der Waals surface area (Å²) in [7, 11) is 0. The van der Waals surface area contributed by atoms with Gasteiger partial charge in [0.15, 0.2) is 5.82 Å². The predicted octanol–water partition coefficient (Wildman–Crippen LogP) is 8.61. The molecule has 1 aliphatic rings. The molecule has 0 saturated carbocycles. The summed E-state index contributed by atoms with van der Waals surface area (Å²) in [5.74, 6) is 3.00. The number of hydrogen-bond acceptors (Lipinski definition) is 5. The van der Waals surface area contributed by atoms with Crippen molar-refractivity contribution in [1.29, 1.82) is 0 Å². The Morgan fingerprint density at radius 2 is 1.83 bits per heavy atom. The van der Waals surface area contributed by atoms with Crippen LogP contribution in [0.25, 0.3) is 5.00 Å². The maximum Gasteiger partial charge on any atom is 0.156 e. The number of thiophene rings is 1. The van der Waals surface area contributed by atoms with Crippen LogP contribution >= 0.6 is 23.3 Å². The molecule has 0 bridgehead atoms. The second-order valence-corrected chi connectivity index (χ2v) is 10.4. The standard InChI is InChI=1S/C26H30N4S2.2C2H6/c1-6-7-11-18(2)16-23-20(4)32-26-24(23)17-29(19(3)25-28-27-21(5)30(25)26)31-15-14-22-12-9-8-10-13-22;2*1-2/h6-13,19H,1-2,14-17H2,3-5H3;2*1-2H3/b11-7-;;/t19-;;/m0../s1. The Balaban J connectivity index is 0.00000109. The molecule has 4 nitrogen and oxygen atoms in total. The molecule has 4 rings (SSSR count). The van der Waals surface area contributed by atoms with Crippen LogP contribution in [0.2, 0.25) is 0 Å². The molecule has 1 atom stereocenters. The summed E-state index contributed by atoms with van der Waals surface area (Å²) in [5, 5.41) is 10.3. The maximum absolute atomic E-state index is 4.58. The lowest BCUT2D eigenvalue weighted by Gasteiger charge is -2.25. The molecule has 1 aromatic carbocycles. The van der Waals surface area contributed by atoms with Crippen molar-refractivity contribution < 1.29 is 0 Å². The Morgan fingerprint density at radius 3 is 2.50 bits per heavy atom. The Hall–Kier alpha value is -2.41. The van der Waals surface area contributed by atoms with Crippen molar-refractivity contribution in [3.63, 3.8) is 0 Å². The number of rotatable bonds is 8. The van der Waals surface area contributed by atoms with Gasteiger partial charge in [0, 0.05) is 22.7 Å². The van der Waals surface area contributed by atoms with Crippen LogP contribution < -0.4 is 0 Å². The first kappa shape index (κ1) is 29.8. The van der Waals surface area contributed by atoms with E-state index in [-0.39, 0.29) is 6.04 Å². The highest BCUT2D eigenvalue weighted by molar-refractivity contribution is 7.97. The van der Waals surface area contributed by atoms with E-state index in [1.807, 2.05) is 64.0 Å². The lowest BCUT2D eigenvalue weighted by molar-refractivity contribution is 0.366. The van der Waals surface area contributed by atoms with E-state index in [4.69, 9.17) is 0 Å². The van der Waals surface area contributed by atoms with Crippen LogP contribution in [0.5, 0.6) is 0 Å². The molecular weight excluding hydrogens is 480 g/mol. The Bertz CT molecular complexity index is 1140. The summed E-state index contributed by atoms with van der Waals surface area (Å²) in [6, 6.07) is 10.9. The molecule has 3 heterocycles. The lowest BCUT2D eigenvalue weighted by atomic mass is 10.0. The van der Waals surface area contributed by atoms with Gasteiger partial charge in [-0.2, -0.15) is 0 Å². The highest BCUT2D eigenvalue weighted by atomic mass is 32.2. The van der Waals surface area contributed by atoms with Gasteiger partial charge in [-0.25, -0.2) is 4.31 Å². The van der Waals surface area contributed by atoms with Crippen LogP contribution in [0.3, 0.4) is 0 Å². The van der Waals surface area contributed by atoms with Crippen molar-refractivity contribution in [3.8, 4) is 5.00 Å². The maximum atomic E-state index is 4.58. The van der Waals surface area contributed by atoms with E-state index in [9.17, 15) is 0 Å². The van der Waals surface area contributed by atoms with Gasteiger partial charge < -0.3 is 0 Å². The molecule has 36 heavy (non-hydrogen) atoms. The minimum absolute atomic E-state index is 0.175. The average molecular weight is 523 g/mol. The number of aryl methyl sites for hydroxylation is 3. The summed E-state index contributed by atoms with van der Waals surface area (Å²) in [4.78, 5) is 1.34. The smallest absolute Gasteiger partial charge is 0.156 e. The average Bonchev–Trinajstić information content (AvgIpc) is 3.40. The molecule has 194 valence electrons. The highest BCUT2D eigenvalue weighted by Crippen LogP contribution is 2.42. The second-order valence-electron chi connectivity index (χ2n) is 8.11. The Morgan fingerprint density at radius 1 is 1.14 bits per heavy atom. The van der Waals surface area contributed by atoms with Crippen molar-refractivity contribution in [3.05, 3.63) is 101 Å². The second kappa shape index (κ2) is 15.0. The summed E-state index contributed by atoms with van der Waals surface area (Å²) < 4.78 is 4.74. The Labute approximate surface area is 227 Å². The number of hydrogen-bond donors (Lipinski definition) is 0. The zero-order valence-electron chi connectivity index (χ0n) is 23.0. The molecule has 0 unspecified atom stereocenters. The van der Waals surface area contributed by atoms with Gasteiger partial charge in [0.2, 0.25) is 0 Å². The van der Waals surface area contributed by atoms with Crippen LogP contribution in [0.1, 0.15) is 73.9 Å². The molecular formula is C30H42N4S2. The molecule has 0 fully saturated rings. The van der Waals surface area contributed by atoms with Crippen LogP contribution in [-0.4, -0.2) is 24.8 Å². The number of fused-ring (bicyclic) bond motifs is 3. The van der Waals surface area contributed by atoms with Crippen molar-refractivity contribution >= 4 is 23.3 Å². The van der Waals surface area contributed by atoms with Crippen LogP contribution in [0.4, 0.5) is 0 Å². The lowest BCUT2D eigenvalue weighted by Crippen LogP contribution is -2.21. The SMILES string of the molecule is C=C/C=C\C(=C)Cc1c(C)sc2c1CN(SCCc1ccccc1)[C@@H](C)c1nnc(C)n1-2.CC.CC. The van der Waals surface area contributed by atoms with Crippen molar-refractivity contribution in [1.82, 2.24) is 19.1 Å². The molecule has 2 aromatic heterocycles. The number of benzene rings is 1. The zero-order chi connectivity index (χ0) is 26.7. The van der Waals surface area contributed by atoms with Crippen molar-refractivity contribution in [2.75, 3.05) is 5.75 Å². The van der Waals surface area contributed by atoms with Gasteiger partial charge in [-0.3, -0.25) is 4.57 Å². The van der Waals surface area contributed by atoms with Gasteiger partial charge in [-0.15, -0.1) is 21.5 Å². The zero-order valence-corrected chi connectivity index (χ0v) is 24.7. The fraction of sp³-hybridized carbons (Fsp3) is 0.400. The van der Waals surface area contributed by atoms with Gasteiger partial charge in [-0.05, 0) is 44.7 Å². The molecule has 0 spiro atoms. The number of aromatic nitrogens is 3. The third kappa shape index (κ3) is 7.09. The predicted molar refractivity (Wildman–Crippen MR) is 160 cm³/mol. The van der Waals surface area contributed by atoms with Crippen LogP contribution in [-0.2, 0) is 19.4 Å². The van der Waals surface area contributed by atoms with E-state index >= 15 is 0 Å². The minimum atomic E-state index is 0.175. The highest BCUT2D eigenvalue weighted by Gasteiger charge is 2.32. The van der Waals surface area contributed by atoms with Gasteiger partial charge in [0.1, 0.15) is 10.8 Å². The van der Waals surface area contributed by atoms with Crippen molar-refractivity contribution in [2.45, 2.75) is 73.9 Å². The van der Waals surface area contributed by atoms with Gasteiger partial charge >= 0.3 is 0 Å². The monoisotopic (exact) mass is 522 g/mol. The van der Waals surface area contributed by atoms with E-state index in [2.05, 4.69) is 82.5 Å². The molecule has 3 aromatic rings. The summed E-state index contributed by atoms with van der Waals surface area (Å²) in [6.07, 6.45) is 7.70. The first-order chi connectivity index (χ1) is 17.5. The molecule has 1 aliphatic heterocycles. The number of allylic oxidation sites excluding steroid dienone is 4. The first-order valence-electron chi connectivity index (χ1n) is 12.9. The fourth-order valence-electron chi connectivity index (χ4n) is 4.08. The third-order valence-electron chi connectivity index (χ3n) is 5.83. The van der Waals surface area contributed by atoms with Crippen LogP contribution in [0.15, 0.2) is 67.3 Å². The van der Waals surface area contributed by atoms with Crippen LogP contribution in [0, 0.1) is 13.8 Å². The summed E-state index contributed by atoms with van der Waals surface area (Å²) >= 11 is 3.75. The largest absolute Gasteiger partial charge is 0.272 e. The van der Waals surface area contributed by atoms with E-state index in [1.165, 1.54) is 26.6 Å². The number of nitrogens with zero attached hydrogens (tertiary/aromatic N) is 4. The topological polar surface area (TPSA) is 34.0 Å². The minimum Gasteiger partial charge on any atom is -0.272 e. The van der Waals surface area contributed by atoms with E-state index in [0.717, 1.165) is 42.4 Å². The van der Waals surface area contributed by atoms with Gasteiger partial charge in [0.05, 0.1) is 6.04 Å². The molecule has 6 heteroatoms. The fourth-order valence-corrected chi connectivity index (χ4v) is 6.42. The normalized spacial score (nSPS) is 14.6. The van der Waals surface area contributed by atoms with Crippen molar-refractivity contribution in [2.24, 2.45) is 0 Å². The Kier molecular flexibility index (Phi) is 12.4. The van der Waals surface area contributed by atoms with E-state index in [0.29, 0.717) is 0 Å². The molecule has 0 amide bonds. The molecule has 0 saturated heterocycles.